The lowest BCUT2D eigenvalue weighted by atomic mass is 9.80. The number of rotatable bonds is 3. The molecular formula is C20H29N3. The number of H-pyrrole nitrogens is 1. The molecule has 1 atom stereocenters. The lowest BCUT2D eigenvalue weighted by Gasteiger charge is -2.42. The van der Waals surface area contributed by atoms with Crippen molar-refractivity contribution in [3.8, 4) is 0 Å². The van der Waals surface area contributed by atoms with Gasteiger partial charge in [-0.05, 0) is 37.4 Å². The summed E-state index contributed by atoms with van der Waals surface area (Å²) < 4.78 is 0. The first-order chi connectivity index (χ1) is 11.3. The highest BCUT2D eigenvalue weighted by Gasteiger charge is 2.33. The van der Waals surface area contributed by atoms with Crippen LogP contribution in [0.5, 0.6) is 0 Å². The number of aromatic nitrogens is 1. The summed E-state index contributed by atoms with van der Waals surface area (Å²) in [6, 6.07) is 9.42. The first kappa shape index (κ1) is 15.2. The number of piperazine rings is 1. The minimum atomic E-state index is 0.597. The molecule has 1 aliphatic heterocycles. The Kier molecular flexibility index (Phi) is 4.41. The van der Waals surface area contributed by atoms with Crippen LogP contribution in [0.4, 0.5) is 0 Å². The molecule has 3 heteroatoms. The Labute approximate surface area is 139 Å². The maximum Gasteiger partial charge on any atom is 0.0457 e. The molecule has 2 aromatic rings. The second-order valence-corrected chi connectivity index (χ2v) is 7.47. The second-order valence-electron chi connectivity index (χ2n) is 7.47. The average Bonchev–Trinajstić information content (AvgIpc) is 3.02. The predicted octanol–water partition coefficient (Wildman–Crippen LogP) is 4.04. The molecule has 2 heterocycles. The molecule has 1 aromatic carbocycles. The Morgan fingerprint density at radius 3 is 2.52 bits per heavy atom. The average molecular weight is 311 g/mol. The molecule has 1 unspecified atom stereocenters. The lowest BCUT2D eigenvalue weighted by Crippen LogP contribution is -2.47. The van der Waals surface area contributed by atoms with Crippen molar-refractivity contribution in [3.63, 3.8) is 0 Å². The Hall–Kier alpha value is -1.32. The topological polar surface area (TPSA) is 22.3 Å². The monoisotopic (exact) mass is 311 g/mol. The van der Waals surface area contributed by atoms with Crippen LogP contribution < -0.4 is 0 Å². The lowest BCUT2D eigenvalue weighted by molar-refractivity contribution is 0.0678. The molecule has 0 radical (unpaired) electrons. The van der Waals surface area contributed by atoms with E-state index in [1.54, 1.807) is 0 Å². The van der Waals surface area contributed by atoms with Crippen molar-refractivity contribution in [1.29, 1.82) is 0 Å². The molecule has 4 rings (SSSR count). The van der Waals surface area contributed by atoms with Gasteiger partial charge in [0.1, 0.15) is 0 Å². The molecule has 3 nitrogen and oxygen atoms in total. The molecule has 1 aromatic heterocycles. The van der Waals surface area contributed by atoms with Crippen LogP contribution in [0.1, 0.15) is 43.7 Å². The standard InChI is InChI=1S/C20H29N3/c1-22-11-13-23(14-12-22)20(16-7-3-2-4-8-16)18-15-21-19-10-6-5-9-17(18)19/h5-6,9-10,15-16,20-21H,2-4,7-8,11-14H2,1H3. The van der Waals surface area contributed by atoms with Gasteiger partial charge in [0, 0.05) is 49.3 Å². The minimum absolute atomic E-state index is 0.597. The molecular weight excluding hydrogens is 282 g/mol. The summed E-state index contributed by atoms with van der Waals surface area (Å²) in [5, 5.41) is 1.43. The van der Waals surface area contributed by atoms with E-state index in [4.69, 9.17) is 0 Å². The van der Waals surface area contributed by atoms with Gasteiger partial charge in [-0.15, -0.1) is 0 Å². The fourth-order valence-electron chi connectivity index (χ4n) is 4.64. The van der Waals surface area contributed by atoms with Crippen LogP contribution in [0.2, 0.25) is 0 Å². The highest BCUT2D eigenvalue weighted by molar-refractivity contribution is 5.83. The molecule has 124 valence electrons. The molecule has 1 aliphatic carbocycles. The van der Waals surface area contributed by atoms with Crippen LogP contribution in [-0.2, 0) is 0 Å². The summed E-state index contributed by atoms with van der Waals surface area (Å²) in [7, 11) is 2.25. The third-order valence-electron chi connectivity index (χ3n) is 5.97. The van der Waals surface area contributed by atoms with Gasteiger partial charge in [0.25, 0.3) is 0 Å². The Morgan fingerprint density at radius 2 is 1.74 bits per heavy atom. The third kappa shape index (κ3) is 3.05. The number of aromatic amines is 1. The summed E-state index contributed by atoms with van der Waals surface area (Å²) in [6.45, 7) is 4.81. The largest absolute Gasteiger partial charge is 0.361 e. The van der Waals surface area contributed by atoms with Gasteiger partial charge in [-0.2, -0.15) is 0 Å². The zero-order chi connectivity index (χ0) is 15.6. The highest BCUT2D eigenvalue weighted by atomic mass is 15.3. The summed E-state index contributed by atoms with van der Waals surface area (Å²) in [5.41, 5.74) is 2.83. The fourth-order valence-corrected chi connectivity index (χ4v) is 4.64. The van der Waals surface area contributed by atoms with Gasteiger partial charge >= 0.3 is 0 Å². The Bertz CT molecular complexity index is 633. The maximum atomic E-state index is 3.52. The summed E-state index contributed by atoms with van der Waals surface area (Å²) in [6.07, 6.45) is 9.35. The summed E-state index contributed by atoms with van der Waals surface area (Å²) in [5.74, 6) is 0.825. The molecule has 23 heavy (non-hydrogen) atoms. The van der Waals surface area contributed by atoms with Crippen LogP contribution in [0.3, 0.4) is 0 Å². The van der Waals surface area contributed by atoms with Gasteiger partial charge in [-0.3, -0.25) is 4.90 Å². The van der Waals surface area contributed by atoms with E-state index in [9.17, 15) is 0 Å². The van der Waals surface area contributed by atoms with Gasteiger partial charge in [-0.25, -0.2) is 0 Å². The first-order valence-corrected chi connectivity index (χ1v) is 9.31. The molecule has 0 bridgehead atoms. The quantitative estimate of drug-likeness (QED) is 0.924. The Balaban J connectivity index is 1.69. The van der Waals surface area contributed by atoms with E-state index in [0.717, 1.165) is 5.92 Å². The number of benzene rings is 1. The molecule has 2 fully saturated rings. The number of hydrogen-bond donors (Lipinski definition) is 1. The normalized spacial score (nSPS) is 23.3. The maximum absolute atomic E-state index is 3.52. The van der Waals surface area contributed by atoms with Crippen LogP contribution in [0.15, 0.2) is 30.5 Å². The molecule has 1 saturated heterocycles. The van der Waals surface area contributed by atoms with Gasteiger partial charge in [0.2, 0.25) is 0 Å². The van der Waals surface area contributed by atoms with Crippen molar-refractivity contribution in [2.24, 2.45) is 5.92 Å². The molecule has 0 spiro atoms. The number of fused-ring (bicyclic) bond motifs is 1. The highest BCUT2D eigenvalue weighted by Crippen LogP contribution is 2.41. The summed E-state index contributed by atoms with van der Waals surface area (Å²) >= 11 is 0. The predicted molar refractivity (Wildman–Crippen MR) is 96.7 cm³/mol. The van der Waals surface area contributed by atoms with Crippen molar-refractivity contribution in [1.82, 2.24) is 14.8 Å². The van der Waals surface area contributed by atoms with E-state index in [2.05, 4.69) is 52.3 Å². The number of likely N-dealkylation sites (N-methyl/N-ethyl adjacent to an activating group) is 1. The molecule has 0 amide bonds. The van der Waals surface area contributed by atoms with Crippen molar-refractivity contribution in [2.45, 2.75) is 38.1 Å². The van der Waals surface area contributed by atoms with Crippen LogP contribution >= 0.6 is 0 Å². The zero-order valence-corrected chi connectivity index (χ0v) is 14.3. The molecule has 2 aliphatic rings. The minimum Gasteiger partial charge on any atom is -0.361 e. The van der Waals surface area contributed by atoms with Crippen molar-refractivity contribution >= 4 is 10.9 Å². The van der Waals surface area contributed by atoms with E-state index in [-0.39, 0.29) is 0 Å². The van der Waals surface area contributed by atoms with E-state index in [1.807, 2.05) is 0 Å². The van der Waals surface area contributed by atoms with Crippen molar-refractivity contribution in [3.05, 3.63) is 36.0 Å². The van der Waals surface area contributed by atoms with E-state index < -0.39 is 0 Å². The number of hydrogen-bond acceptors (Lipinski definition) is 2. The van der Waals surface area contributed by atoms with Gasteiger partial charge in [0.05, 0.1) is 0 Å². The van der Waals surface area contributed by atoms with E-state index in [0.29, 0.717) is 6.04 Å². The third-order valence-corrected chi connectivity index (χ3v) is 5.97. The van der Waals surface area contributed by atoms with Crippen LogP contribution in [0, 0.1) is 5.92 Å². The van der Waals surface area contributed by atoms with Gasteiger partial charge in [0.15, 0.2) is 0 Å². The molecule has 1 N–H and O–H groups in total. The number of nitrogens with zero attached hydrogens (tertiary/aromatic N) is 2. The van der Waals surface area contributed by atoms with Gasteiger partial charge < -0.3 is 9.88 Å². The zero-order valence-electron chi connectivity index (χ0n) is 14.3. The first-order valence-electron chi connectivity index (χ1n) is 9.31. The van der Waals surface area contributed by atoms with E-state index in [1.165, 1.54) is 74.7 Å². The van der Waals surface area contributed by atoms with Crippen molar-refractivity contribution in [2.75, 3.05) is 33.2 Å². The second kappa shape index (κ2) is 6.66. The molecule has 1 saturated carbocycles. The SMILES string of the molecule is CN1CCN(C(c2c[nH]c3ccccc23)C2CCCCC2)CC1. The smallest absolute Gasteiger partial charge is 0.0457 e. The van der Waals surface area contributed by atoms with Crippen molar-refractivity contribution < 1.29 is 0 Å². The fraction of sp³-hybridized carbons (Fsp3) is 0.600. The van der Waals surface area contributed by atoms with Crippen LogP contribution in [-0.4, -0.2) is 48.0 Å². The van der Waals surface area contributed by atoms with Crippen LogP contribution in [0.25, 0.3) is 10.9 Å². The Morgan fingerprint density at radius 1 is 1.00 bits per heavy atom. The van der Waals surface area contributed by atoms with E-state index >= 15 is 0 Å². The number of para-hydroxylation sites is 1. The van der Waals surface area contributed by atoms with Gasteiger partial charge in [-0.1, -0.05) is 37.5 Å². The summed E-state index contributed by atoms with van der Waals surface area (Å²) in [4.78, 5) is 8.75. The number of nitrogens with one attached hydrogen (secondary N) is 1.